The predicted octanol–water partition coefficient (Wildman–Crippen LogP) is 3.78. The van der Waals surface area contributed by atoms with Crippen LogP contribution in [0.25, 0.3) is 0 Å². The number of nitrogens with one attached hydrogen (secondary N) is 1. The smallest absolute Gasteiger partial charge is 0.326 e. The summed E-state index contributed by atoms with van der Waals surface area (Å²) >= 11 is 1.27. The molecule has 138 valence electrons. The molecule has 1 fully saturated rings. The van der Waals surface area contributed by atoms with Crippen LogP contribution in [0, 0.1) is 6.92 Å². The summed E-state index contributed by atoms with van der Waals surface area (Å²) in [7, 11) is 0. The normalized spacial score (nSPS) is 14.8. The first-order valence-electron chi connectivity index (χ1n) is 7.96. The molecule has 1 N–H and O–H groups in total. The highest BCUT2D eigenvalue weighted by Crippen LogP contribution is 2.33. The number of halogens is 3. The van der Waals surface area contributed by atoms with Gasteiger partial charge < -0.3 is 5.32 Å². The number of alkyl halides is 3. The first kappa shape index (κ1) is 18.4. The molecule has 0 unspecified atom stereocenters. The maximum Gasteiger partial charge on any atom is 0.416 e. The van der Waals surface area contributed by atoms with Crippen LogP contribution >= 0.6 is 11.3 Å². The zero-order valence-corrected chi connectivity index (χ0v) is 14.7. The fourth-order valence-corrected chi connectivity index (χ4v) is 3.59. The van der Waals surface area contributed by atoms with E-state index in [0.29, 0.717) is 23.8 Å². The summed E-state index contributed by atoms with van der Waals surface area (Å²) in [5.74, 6) is -0.457. The fourth-order valence-electron chi connectivity index (χ4n) is 2.73. The van der Waals surface area contributed by atoms with Gasteiger partial charge in [-0.2, -0.15) is 13.2 Å². The third-order valence-electron chi connectivity index (χ3n) is 4.01. The lowest BCUT2D eigenvalue weighted by Crippen LogP contribution is -2.23. The Morgan fingerprint density at radius 2 is 2.15 bits per heavy atom. The molecule has 1 saturated heterocycles. The molecule has 0 radical (unpaired) electrons. The molecule has 0 atom stereocenters. The third-order valence-corrected chi connectivity index (χ3v) is 4.92. The van der Waals surface area contributed by atoms with E-state index in [1.165, 1.54) is 30.4 Å². The minimum Gasteiger partial charge on any atom is -0.326 e. The Morgan fingerprint density at radius 1 is 1.38 bits per heavy atom. The van der Waals surface area contributed by atoms with Gasteiger partial charge in [0, 0.05) is 24.0 Å². The molecule has 0 bridgehead atoms. The van der Waals surface area contributed by atoms with Gasteiger partial charge in [-0.05, 0) is 31.0 Å². The van der Waals surface area contributed by atoms with Crippen LogP contribution in [0.15, 0.2) is 23.6 Å². The number of thiazole rings is 1. The van der Waals surface area contributed by atoms with Crippen LogP contribution in [-0.2, 0) is 22.2 Å². The lowest BCUT2D eigenvalue weighted by molar-refractivity contribution is -0.138. The second kappa shape index (κ2) is 7.06. The molecular weight excluding hydrogens is 367 g/mol. The summed E-state index contributed by atoms with van der Waals surface area (Å²) in [6, 6.07) is 3.67. The minimum atomic E-state index is -4.48. The van der Waals surface area contributed by atoms with Crippen molar-refractivity contribution in [2.45, 2.75) is 32.4 Å². The molecule has 1 aliphatic heterocycles. The van der Waals surface area contributed by atoms with Crippen molar-refractivity contribution in [1.82, 2.24) is 4.98 Å². The highest BCUT2D eigenvalue weighted by molar-refractivity contribution is 7.14. The molecule has 1 aliphatic rings. The van der Waals surface area contributed by atoms with Gasteiger partial charge in [0.05, 0.1) is 17.7 Å². The van der Waals surface area contributed by atoms with Gasteiger partial charge >= 0.3 is 6.18 Å². The molecule has 26 heavy (non-hydrogen) atoms. The lowest BCUT2D eigenvalue weighted by Gasteiger charge is -2.12. The van der Waals surface area contributed by atoms with Crippen LogP contribution in [0.2, 0.25) is 0 Å². The average Bonchev–Trinajstić information content (AvgIpc) is 3.16. The van der Waals surface area contributed by atoms with Crippen LogP contribution in [0.1, 0.15) is 29.7 Å². The van der Waals surface area contributed by atoms with Crippen molar-refractivity contribution >= 4 is 34.0 Å². The van der Waals surface area contributed by atoms with E-state index in [4.69, 9.17) is 0 Å². The number of amides is 2. The van der Waals surface area contributed by atoms with E-state index in [1.54, 1.807) is 10.3 Å². The molecule has 5 nitrogen and oxygen atoms in total. The maximum absolute atomic E-state index is 12.9. The van der Waals surface area contributed by atoms with E-state index in [1.807, 2.05) is 0 Å². The van der Waals surface area contributed by atoms with E-state index >= 15 is 0 Å². The zero-order valence-electron chi connectivity index (χ0n) is 13.9. The number of nitrogens with zero attached hydrogens (tertiary/aromatic N) is 2. The summed E-state index contributed by atoms with van der Waals surface area (Å²) in [6.45, 7) is 1.98. The standard InChI is InChI=1S/C17H16F3N3O2S/c1-10-4-5-11(7-13(10)17(18,19)20)21-14(24)8-12-9-26-16(22-12)23-6-2-3-15(23)25/h4-5,7,9H,2-3,6,8H2,1H3,(H,21,24). The highest BCUT2D eigenvalue weighted by atomic mass is 32.1. The fraction of sp³-hybridized carbons (Fsp3) is 0.353. The number of benzene rings is 1. The predicted molar refractivity (Wildman–Crippen MR) is 92.2 cm³/mol. The average molecular weight is 383 g/mol. The van der Waals surface area contributed by atoms with E-state index in [-0.39, 0.29) is 23.6 Å². The first-order valence-corrected chi connectivity index (χ1v) is 8.84. The van der Waals surface area contributed by atoms with Crippen LogP contribution in [0.5, 0.6) is 0 Å². The quantitative estimate of drug-likeness (QED) is 0.874. The van der Waals surface area contributed by atoms with Crippen LogP contribution in [0.3, 0.4) is 0 Å². The topological polar surface area (TPSA) is 62.3 Å². The summed E-state index contributed by atoms with van der Waals surface area (Å²) < 4.78 is 38.8. The Hall–Kier alpha value is -2.42. The van der Waals surface area contributed by atoms with Crippen molar-refractivity contribution in [3.05, 3.63) is 40.4 Å². The second-order valence-electron chi connectivity index (χ2n) is 6.02. The van der Waals surface area contributed by atoms with Gasteiger partial charge in [-0.3, -0.25) is 14.5 Å². The molecule has 0 saturated carbocycles. The minimum absolute atomic E-state index is 0.00897. The van der Waals surface area contributed by atoms with Gasteiger partial charge in [0.15, 0.2) is 5.13 Å². The third kappa shape index (κ3) is 4.04. The summed E-state index contributed by atoms with van der Waals surface area (Å²) in [4.78, 5) is 29.7. The number of hydrogen-bond donors (Lipinski definition) is 1. The van der Waals surface area contributed by atoms with Crippen molar-refractivity contribution in [2.75, 3.05) is 16.8 Å². The number of anilines is 2. The van der Waals surface area contributed by atoms with E-state index in [2.05, 4.69) is 10.3 Å². The molecule has 9 heteroatoms. The van der Waals surface area contributed by atoms with E-state index < -0.39 is 17.6 Å². The molecule has 2 amide bonds. The van der Waals surface area contributed by atoms with Crippen molar-refractivity contribution < 1.29 is 22.8 Å². The van der Waals surface area contributed by atoms with E-state index in [0.717, 1.165) is 12.5 Å². The van der Waals surface area contributed by atoms with Gasteiger partial charge in [-0.1, -0.05) is 6.07 Å². The Labute approximate surface area is 151 Å². The Balaban J connectivity index is 1.66. The molecule has 0 aliphatic carbocycles. The Bertz CT molecular complexity index is 848. The number of aryl methyl sites for hydroxylation is 1. The highest BCUT2D eigenvalue weighted by Gasteiger charge is 2.32. The molecule has 1 aromatic heterocycles. The van der Waals surface area contributed by atoms with Gasteiger partial charge in [0.2, 0.25) is 11.8 Å². The molecule has 3 rings (SSSR count). The maximum atomic E-state index is 12.9. The number of rotatable bonds is 4. The Kier molecular flexibility index (Phi) is 4.99. The van der Waals surface area contributed by atoms with Crippen LogP contribution in [-0.4, -0.2) is 23.3 Å². The van der Waals surface area contributed by atoms with Crippen LogP contribution in [0.4, 0.5) is 24.0 Å². The largest absolute Gasteiger partial charge is 0.416 e. The lowest BCUT2D eigenvalue weighted by atomic mass is 10.1. The van der Waals surface area contributed by atoms with Crippen molar-refractivity contribution in [3.63, 3.8) is 0 Å². The summed E-state index contributed by atoms with van der Waals surface area (Å²) in [5, 5.41) is 4.69. The molecule has 2 heterocycles. The number of aromatic nitrogens is 1. The van der Waals surface area contributed by atoms with Gasteiger partial charge in [0.1, 0.15) is 0 Å². The van der Waals surface area contributed by atoms with Gasteiger partial charge in [0.25, 0.3) is 0 Å². The first-order chi connectivity index (χ1) is 12.2. The Morgan fingerprint density at radius 3 is 2.81 bits per heavy atom. The van der Waals surface area contributed by atoms with Gasteiger partial charge in [-0.15, -0.1) is 11.3 Å². The molecular formula is C17H16F3N3O2S. The molecule has 1 aromatic carbocycles. The van der Waals surface area contributed by atoms with Crippen molar-refractivity contribution in [2.24, 2.45) is 0 Å². The van der Waals surface area contributed by atoms with Gasteiger partial charge in [-0.25, -0.2) is 4.98 Å². The van der Waals surface area contributed by atoms with Crippen molar-refractivity contribution in [1.29, 1.82) is 0 Å². The molecule has 0 spiro atoms. The summed E-state index contributed by atoms with van der Waals surface area (Å²) in [6.07, 6.45) is -3.28. The van der Waals surface area contributed by atoms with Crippen LogP contribution < -0.4 is 10.2 Å². The number of hydrogen-bond acceptors (Lipinski definition) is 4. The second-order valence-corrected chi connectivity index (χ2v) is 6.86. The number of carbonyl (C=O) groups is 2. The monoisotopic (exact) mass is 383 g/mol. The number of carbonyl (C=O) groups excluding carboxylic acids is 2. The van der Waals surface area contributed by atoms with E-state index in [9.17, 15) is 22.8 Å². The molecule has 2 aromatic rings. The zero-order chi connectivity index (χ0) is 18.9. The summed E-state index contributed by atoms with van der Waals surface area (Å²) in [5.41, 5.74) is -0.128. The van der Waals surface area contributed by atoms with Crippen molar-refractivity contribution in [3.8, 4) is 0 Å². The SMILES string of the molecule is Cc1ccc(NC(=O)Cc2csc(N3CCCC3=O)n2)cc1C(F)(F)F.